The predicted octanol–water partition coefficient (Wildman–Crippen LogP) is 5.34. The van der Waals surface area contributed by atoms with Gasteiger partial charge in [-0.15, -0.1) is 0 Å². The Morgan fingerprint density at radius 3 is 2.36 bits per heavy atom. The van der Waals surface area contributed by atoms with E-state index in [1.165, 1.54) is 25.5 Å². The van der Waals surface area contributed by atoms with Crippen molar-refractivity contribution in [3.63, 3.8) is 0 Å². The average molecular weight is 370 g/mol. The summed E-state index contributed by atoms with van der Waals surface area (Å²) < 4.78 is 8.28. The summed E-state index contributed by atoms with van der Waals surface area (Å²) in [4.78, 5) is 12.9. The third-order valence-electron chi connectivity index (χ3n) is 6.81. The molecule has 1 aliphatic heterocycles. The van der Waals surface area contributed by atoms with Crippen LogP contribution in [0, 0.1) is 28.6 Å². The van der Waals surface area contributed by atoms with Gasteiger partial charge in [0.05, 0.1) is 12.5 Å². The fraction of sp³-hybridized carbons (Fsp3) is 0.952. The van der Waals surface area contributed by atoms with Crippen LogP contribution in [-0.2, 0) is 9.53 Å². The van der Waals surface area contributed by atoms with E-state index in [0.29, 0.717) is 23.9 Å². The van der Waals surface area contributed by atoms with E-state index in [-0.39, 0.29) is 22.8 Å². The standard InChI is InChI=1S/C21H40NO2P/c1-9-24-18(23)17-16(4)15(3)11-20(7)13-21(8,12-19(17,5)6)22(14-20)25-10-2/h15-17,25H,9-14H2,1-8H3. The summed E-state index contributed by atoms with van der Waals surface area (Å²) in [6.07, 6.45) is 4.76. The van der Waals surface area contributed by atoms with Crippen molar-refractivity contribution in [1.29, 1.82) is 0 Å². The van der Waals surface area contributed by atoms with Gasteiger partial charge in [-0.3, -0.25) is 9.46 Å². The second kappa shape index (κ2) is 7.47. The Bertz CT molecular complexity index is 494. The molecule has 0 radical (unpaired) electrons. The van der Waals surface area contributed by atoms with Crippen LogP contribution in [0.3, 0.4) is 0 Å². The highest BCUT2D eigenvalue weighted by Crippen LogP contribution is 2.57. The molecule has 2 bridgehead atoms. The zero-order valence-corrected chi connectivity index (χ0v) is 18.7. The molecule has 0 amide bonds. The number of hydrogen-bond acceptors (Lipinski definition) is 3. The van der Waals surface area contributed by atoms with Crippen molar-refractivity contribution in [2.75, 3.05) is 19.3 Å². The van der Waals surface area contributed by atoms with E-state index in [1.54, 1.807) is 0 Å². The molecule has 3 nitrogen and oxygen atoms in total. The van der Waals surface area contributed by atoms with Crippen molar-refractivity contribution in [2.45, 2.75) is 80.2 Å². The molecule has 25 heavy (non-hydrogen) atoms. The number of carbonyl (C=O) groups excluding carboxylic acids is 1. The Labute approximate surface area is 157 Å². The first-order valence-electron chi connectivity index (χ1n) is 10.2. The van der Waals surface area contributed by atoms with Gasteiger partial charge in [0.2, 0.25) is 0 Å². The molecule has 4 heteroatoms. The molecule has 1 heterocycles. The third kappa shape index (κ3) is 4.24. The Hall–Kier alpha value is -0.140. The van der Waals surface area contributed by atoms with Crippen molar-refractivity contribution < 1.29 is 9.53 Å². The lowest BCUT2D eigenvalue weighted by atomic mass is 9.64. The van der Waals surface area contributed by atoms with E-state index in [2.05, 4.69) is 53.1 Å². The summed E-state index contributed by atoms with van der Waals surface area (Å²) in [6, 6.07) is 0. The molecule has 146 valence electrons. The van der Waals surface area contributed by atoms with Crippen LogP contribution in [0.1, 0.15) is 74.7 Å². The normalized spacial score (nSPS) is 42.2. The second-order valence-corrected chi connectivity index (χ2v) is 11.6. The fourth-order valence-electron chi connectivity index (χ4n) is 6.24. The van der Waals surface area contributed by atoms with Gasteiger partial charge in [-0.1, -0.05) is 50.3 Å². The first-order valence-corrected chi connectivity index (χ1v) is 11.3. The van der Waals surface area contributed by atoms with E-state index < -0.39 is 0 Å². The summed E-state index contributed by atoms with van der Waals surface area (Å²) >= 11 is 0. The van der Waals surface area contributed by atoms with Crippen molar-refractivity contribution in [3.8, 4) is 0 Å². The maximum Gasteiger partial charge on any atom is 0.309 e. The summed E-state index contributed by atoms with van der Waals surface area (Å²) in [6.45, 7) is 20.1. The largest absolute Gasteiger partial charge is 0.466 e. The number of rotatable bonds is 4. The molecule has 1 saturated carbocycles. The Morgan fingerprint density at radius 2 is 1.80 bits per heavy atom. The Morgan fingerprint density at radius 1 is 1.16 bits per heavy atom. The zero-order chi connectivity index (χ0) is 19.0. The molecule has 0 spiro atoms. The molecule has 0 aromatic carbocycles. The highest BCUT2D eigenvalue weighted by molar-refractivity contribution is 7.35. The number of ether oxygens (including phenoxy) is 1. The quantitative estimate of drug-likeness (QED) is 0.495. The van der Waals surface area contributed by atoms with Crippen molar-refractivity contribution in [2.24, 2.45) is 28.6 Å². The molecular weight excluding hydrogens is 329 g/mol. The molecule has 6 unspecified atom stereocenters. The SMILES string of the molecule is CCOC(=O)C1C(C)C(C)CC2(C)CN(PCC)C(C)(C2)CC1(C)C. The monoisotopic (exact) mass is 369 g/mol. The molecule has 6 atom stereocenters. The van der Waals surface area contributed by atoms with Gasteiger partial charge < -0.3 is 4.74 Å². The van der Waals surface area contributed by atoms with Crippen molar-refractivity contribution in [3.05, 3.63) is 0 Å². The molecule has 1 saturated heterocycles. The Kier molecular flexibility index (Phi) is 6.32. The van der Waals surface area contributed by atoms with Crippen LogP contribution in [0.25, 0.3) is 0 Å². The molecule has 2 rings (SSSR count). The topological polar surface area (TPSA) is 29.5 Å². The van der Waals surface area contributed by atoms with Crippen LogP contribution in [0.2, 0.25) is 0 Å². The number of carbonyl (C=O) groups is 1. The van der Waals surface area contributed by atoms with E-state index >= 15 is 0 Å². The molecule has 0 aromatic heterocycles. The number of esters is 1. The molecular formula is C21H40NO2P. The number of fused-ring (bicyclic) bond motifs is 2. The molecule has 0 N–H and O–H groups in total. The van der Waals surface area contributed by atoms with Crippen molar-refractivity contribution in [1.82, 2.24) is 4.67 Å². The third-order valence-corrected chi connectivity index (χ3v) is 8.20. The van der Waals surface area contributed by atoms with Gasteiger partial charge in [-0.2, -0.15) is 0 Å². The van der Waals surface area contributed by atoms with Crippen molar-refractivity contribution >= 4 is 14.7 Å². The van der Waals surface area contributed by atoms with Gasteiger partial charge in [-0.25, -0.2) is 0 Å². The summed E-state index contributed by atoms with van der Waals surface area (Å²) in [5, 5.41) is 0. The predicted molar refractivity (Wildman–Crippen MR) is 108 cm³/mol. The van der Waals surface area contributed by atoms with Crippen LogP contribution in [-0.4, -0.2) is 35.5 Å². The number of nitrogens with zero attached hydrogens (tertiary/aromatic N) is 1. The molecule has 1 aliphatic carbocycles. The maximum atomic E-state index is 12.9. The molecule has 2 aliphatic rings. The summed E-state index contributed by atoms with van der Waals surface area (Å²) in [5.41, 5.74) is 0.506. The van der Waals surface area contributed by atoms with Crippen LogP contribution >= 0.6 is 8.73 Å². The minimum atomic E-state index is -0.0548. The number of hydrogen-bond donors (Lipinski definition) is 0. The van der Waals surface area contributed by atoms with Crippen LogP contribution < -0.4 is 0 Å². The lowest BCUT2D eigenvalue weighted by Gasteiger charge is -2.45. The van der Waals surface area contributed by atoms with E-state index in [0.717, 1.165) is 15.2 Å². The minimum absolute atomic E-state index is 0.0165. The lowest BCUT2D eigenvalue weighted by molar-refractivity contribution is -0.157. The van der Waals surface area contributed by atoms with Crippen LogP contribution in [0.15, 0.2) is 0 Å². The minimum Gasteiger partial charge on any atom is -0.466 e. The van der Waals surface area contributed by atoms with Crippen LogP contribution in [0.5, 0.6) is 0 Å². The average Bonchev–Trinajstić information content (AvgIpc) is 2.68. The second-order valence-electron chi connectivity index (χ2n) is 10.0. The highest BCUT2D eigenvalue weighted by atomic mass is 31.1. The highest BCUT2D eigenvalue weighted by Gasteiger charge is 2.55. The first kappa shape index (κ1) is 21.2. The zero-order valence-electron chi connectivity index (χ0n) is 17.7. The Balaban J connectivity index is 2.45. The smallest absolute Gasteiger partial charge is 0.309 e. The fourth-order valence-corrected chi connectivity index (χ4v) is 7.65. The molecule has 2 fully saturated rings. The van der Waals surface area contributed by atoms with Gasteiger partial charge in [0.25, 0.3) is 0 Å². The van der Waals surface area contributed by atoms with Gasteiger partial charge in [0.1, 0.15) is 0 Å². The van der Waals surface area contributed by atoms with E-state index in [9.17, 15) is 4.79 Å². The maximum absolute atomic E-state index is 12.9. The van der Waals surface area contributed by atoms with E-state index in [4.69, 9.17) is 4.74 Å². The first-order chi connectivity index (χ1) is 11.5. The van der Waals surface area contributed by atoms with Gasteiger partial charge in [-0.05, 0) is 61.9 Å². The summed E-state index contributed by atoms with van der Waals surface area (Å²) in [7, 11) is 0.891. The van der Waals surface area contributed by atoms with Gasteiger partial charge >= 0.3 is 5.97 Å². The van der Waals surface area contributed by atoms with Crippen LogP contribution in [0.4, 0.5) is 0 Å². The van der Waals surface area contributed by atoms with Gasteiger partial charge in [0, 0.05) is 12.1 Å². The summed E-state index contributed by atoms with van der Waals surface area (Å²) in [5.74, 6) is 0.888. The lowest BCUT2D eigenvalue weighted by Crippen LogP contribution is -2.46. The molecule has 0 aromatic rings. The van der Waals surface area contributed by atoms with E-state index in [1.807, 2.05) is 6.92 Å². The van der Waals surface area contributed by atoms with Gasteiger partial charge in [0.15, 0.2) is 0 Å².